The molecule has 1 aromatic carbocycles. The van der Waals surface area contributed by atoms with Crippen molar-refractivity contribution >= 4 is 17.5 Å². The van der Waals surface area contributed by atoms with Gasteiger partial charge in [-0.05, 0) is 26.1 Å². The number of hydrogen-bond acceptors (Lipinski definition) is 5. The molecule has 2 rings (SSSR count). The molecule has 0 bridgehead atoms. The van der Waals surface area contributed by atoms with Gasteiger partial charge in [-0.3, -0.25) is 14.5 Å². The third kappa shape index (κ3) is 4.94. The van der Waals surface area contributed by atoms with E-state index in [4.69, 9.17) is 9.47 Å². The first-order valence-corrected chi connectivity index (χ1v) is 8.02. The van der Waals surface area contributed by atoms with Gasteiger partial charge in [0.25, 0.3) is 0 Å². The number of morpholine rings is 1. The van der Waals surface area contributed by atoms with Crippen molar-refractivity contribution in [3.8, 4) is 5.75 Å². The predicted octanol–water partition coefficient (Wildman–Crippen LogP) is 0.813. The van der Waals surface area contributed by atoms with Crippen LogP contribution in [0.2, 0.25) is 0 Å². The molecule has 1 aliphatic heterocycles. The molecule has 0 aromatic heterocycles. The van der Waals surface area contributed by atoms with E-state index in [0.29, 0.717) is 37.7 Å². The van der Waals surface area contributed by atoms with Crippen LogP contribution in [0.5, 0.6) is 5.75 Å². The van der Waals surface area contributed by atoms with Gasteiger partial charge in [0.1, 0.15) is 5.75 Å². The van der Waals surface area contributed by atoms with E-state index < -0.39 is 6.04 Å². The molecule has 0 spiro atoms. The zero-order valence-corrected chi connectivity index (χ0v) is 14.4. The molecule has 1 saturated heterocycles. The van der Waals surface area contributed by atoms with E-state index in [9.17, 15) is 9.59 Å². The van der Waals surface area contributed by atoms with Crippen molar-refractivity contribution in [1.82, 2.24) is 9.80 Å². The van der Waals surface area contributed by atoms with Crippen molar-refractivity contribution in [2.45, 2.75) is 13.0 Å². The largest absolute Gasteiger partial charge is 0.497 e. The highest BCUT2D eigenvalue weighted by Crippen LogP contribution is 2.17. The Morgan fingerprint density at radius 2 is 2.08 bits per heavy atom. The lowest BCUT2D eigenvalue weighted by Gasteiger charge is -2.30. The maximum Gasteiger partial charge on any atom is 0.241 e. The molecule has 7 nitrogen and oxygen atoms in total. The second-order valence-corrected chi connectivity index (χ2v) is 5.81. The van der Waals surface area contributed by atoms with Crippen LogP contribution in [0.4, 0.5) is 5.69 Å². The summed E-state index contributed by atoms with van der Waals surface area (Å²) in [6.45, 7) is 4.34. The third-order valence-corrected chi connectivity index (χ3v) is 4.13. The molecule has 7 heteroatoms. The number of amides is 2. The van der Waals surface area contributed by atoms with E-state index in [-0.39, 0.29) is 18.4 Å². The molecular formula is C17H25N3O4. The Morgan fingerprint density at radius 1 is 1.38 bits per heavy atom. The van der Waals surface area contributed by atoms with Gasteiger partial charge in [-0.15, -0.1) is 0 Å². The fourth-order valence-corrected chi connectivity index (χ4v) is 2.41. The number of nitrogens with zero attached hydrogens (tertiary/aromatic N) is 2. The lowest BCUT2D eigenvalue weighted by molar-refractivity contribution is -0.137. The number of likely N-dealkylation sites (N-methyl/N-ethyl adjacent to an activating group) is 1. The second-order valence-electron chi connectivity index (χ2n) is 5.81. The van der Waals surface area contributed by atoms with Gasteiger partial charge in [-0.1, -0.05) is 6.07 Å². The van der Waals surface area contributed by atoms with Crippen molar-refractivity contribution in [1.29, 1.82) is 0 Å². The zero-order valence-electron chi connectivity index (χ0n) is 14.4. The molecular weight excluding hydrogens is 310 g/mol. The van der Waals surface area contributed by atoms with Crippen LogP contribution in [0.1, 0.15) is 6.92 Å². The molecule has 1 aromatic rings. The molecule has 24 heavy (non-hydrogen) atoms. The second kappa shape index (κ2) is 8.65. The van der Waals surface area contributed by atoms with Gasteiger partial charge in [0.05, 0.1) is 32.9 Å². The summed E-state index contributed by atoms with van der Waals surface area (Å²) in [5, 5.41) is 2.84. The number of carbonyl (C=O) groups is 2. The molecule has 1 fully saturated rings. The molecule has 1 N–H and O–H groups in total. The molecule has 0 radical (unpaired) electrons. The minimum Gasteiger partial charge on any atom is -0.497 e. The summed E-state index contributed by atoms with van der Waals surface area (Å²) in [6, 6.07) is 6.74. The van der Waals surface area contributed by atoms with Crippen LogP contribution >= 0.6 is 0 Å². The van der Waals surface area contributed by atoms with Crippen LogP contribution in [0.25, 0.3) is 0 Å². The van der Waals surface area contributed by atoms with E-state index in [1.54, 1.807) is 43.0 Å². The fraction of sp³-hybridized carbons (Fsp3) is 0.529. The molecule has 0 unspecified atom stereocenters. The van der Waals surface area contributed by atoms with Crippen LogP contribution in [0.3, 0.4) is 0 Å². The van der Waals surface area contributed by atoms with E-state index >= 15 is 0 Å². The summed E-state index contributed by atoms with van der Waals surface area (Å²) in [5.74, 6) is 0.527. The average molecular weight is 335 g/mol. The first kappa shape index (κ1) is 18.2. The fourth-order valence-electron chi connectivity index (χ4n) is 2.41. The van der Waals surface area contributed by atoms with Crippen molar-refractivity contribution in [2.24, 2.45) is 0 Å². The quantitative estimate of drug-likeness (QED) is 0.833. The summed E-state index contributed by atoms with van der Waals surface area (Å²) in [4.78, 5) is 28.1. The van der Waals surface area contributed by atoms with E-state index in [1.807, 2.05) is 12.1 Å². The minimum atomic E-state index is -0.429. The monoisotopic (exact) mass is 335 g/mol. The molecule has 0 saturated carbocycles. The summed E-state index contributed by atoms with van der Waals surface area (Å²) < 4.78 is 10.4. The molecule has 0 aliphatic carbocycles. The summed E-state index contributed by atoms with van der Waals surface area (Å²) in [6.07, 6.45) is 0. The predicted molar refractivity (Wildman–Crippen MR) is 91.1 cm³/mol. The molecule has 1 aliphatic rings. The molecule has 2 amide bonds. The molecule has 1 atom stereocenters. The van der Waals surface area contributed by atoms with Crippen LogP contribution in [0, 0.1) is 0 Å². The summed E-state index contributed by atoms with van der Waals surface area (Å²) in [7, 11) is 3.35. The first-order chi connectivity index (χ1) is 11.5. The zero-order chi connectivity index (χ0) is 17.5. The van der Waals surface area contributed by atoms with Gasteiger partial charge in [-0.2, -0.15) is 0 Å². The molecule has 132 valence electrons. The van der Waals surface area contributed by atoms with Gasteiger partial charge in [-0.25, -0.2) is 0 Å². The number of rotatable bonds is 6. The van der Waals surface area contributed by atoms with Gasteiger partial charge in [0.2, 0.25) is 11.8 Å². The highest BCUT2D eigenvalue weighted by molar-refractivity contribution is 5.95. The van der Waals surface area contributed by atoms with Crippen molar-refractivity contribution < 1.29 is 19.1 Å². The van der Waals surface area contributed by atoms with Crippen LogP contribution in [0.15, 0.2) is 24.3 Å². The van der Waals surface area contributed by atoms with Crippen LogP contribution in [-0.4, -0.2) is 74.7 Å². The third-order valence-electron chi connectivity index (χ3n) is 4.13. The number of carbonyl (C=O) groups excluding carboxylic acids is 2. The Bertz CT molecular complexity index is 573. The Hall–Kier alpha value is -2.12. The maximum absolute atomic E-state index is 12.4. The number of nitrogens with one attached hydrogen (secondary N) is 1. The van der Waals surface area contributed by atoms with Crippen molar-refractivity contribution in [3.63, 3.8) is 0 Å². The maximum atomic E-state index is 12.4. The highest BCUT2D eigenvalue weighted by atomic mass is 16.5. The Kier molecular flexibility index (Phi) is 6.57. The van der Waals surface area contributed by atoms with Crippen LogP contribution < -0.4 is 10.1 Å². The van der Waals surface area contributed by atoms with Gasteiger partial charge in [0, 0.05) is 24.8 Å². The van der Waals surface area contributed by atoms with E-state index in [0.717, 1.165) is 0 Å². The smallest absolute Gasteiger partial charge is 0.241 e. The first-order valence-electron chi connectivity index (χ1n) is 8.02. The number of anilines is 1. The average Bonchev–Trinajstić information content (AvgIpc) is 2.61. The summed E-state index contributed by atoms with van der Waals surface area (Å²) in [5.41, 5.74) is 0.666. The van der Waals surface area contributed by atoms with Gasteiger partial charge >= 0.3 is 0 Å². The van der Waals surface area contributed by atoms with Gasteiger partial charge < -0.3 is 19.7 Å². The van der Waals surface area contributed by atoms with Crippen LogP contribution in [-0.2, 0) is 14.3 Å². The number of benzene rings is 1. The standard InChI is InChI=1S/C17H25N3O4/c1-13(17(22)18-14-5-4-6-15(11-14)23-3)19(2)12-16(21)20-7-9-24-10-8-20/h4-6,11,13H,7-10,12H2,1-3H3,(H,18,22)/t13-/m1/s1. The Labute approximate surface area is 142 Å². The number of ether oxygens (including phenoxy) is 2. The minimum absolute atomic E-state index is 0.0156. The lowest BCUT2D eigenvalue weighted by atomic mass is 10.2. The topological polar surface area (TPSA) is 71.1 Å². The van der Waals surface area contributed by atoms with E-state index in [1.165, 1.54) is 0 Å². The highest BCUT2D eigenvalue weighted by Gasteiger charge is 2.23. The normalized spacial score (nSPS) is 15.9. The Balaban J connectivity index is 1.87. The molecule has 1 heterocycles. The van der Waals surface area contributed by atoms with E-state index in [2.05, 4.69) is 5.32 Å². The lowest BCUT2D eigenvalue weighted by Crippen LogP contribution is -2.48. The number of hydrogen-bond donors (Lipinski definition) is 1. The SMILES string of the molecule is COc1cccc(NC(=O)[C@@H](C)N(C)CC(=O)N2CCOCC2)c1. The number of methoxy groups -OCH3 is 1. The Morgan fingerprint density at radius 3 is 2.75 bits per heavy atom. The van der Waals surface area contributed by atoms with Crippen molar-refractivity contribution in [2.75, 3.05) is 52.3 Å². The van der Waals surface area contributed by atoms with Gasteiger partial charge in [0.15, 0.2) is 0 Å². The summed E-state index contributed by atoms with van der Waals surface area (Å²) >= 11 is 0. The van der Waals surface area contributed by atoms with Crippen molar-refractivity contribution in [3.05, 3.63) is 24.3 Å².